The van der Waals surface area contributed by atoms with Crippen LogP contribution in [0, 0.1) is 6.92 Å². The predicted octanol–water partition coefficient (Wildman–Crippen LogP) is 6.37. The molecule has 1 aromatic heterocycles. The highest BCUT2D eigenvalue weighted by Gasteiger charge is 2.36. The van der Waals surface area contributed by atoms with Crippen molar-refractivity contribution in [2.24, 2.45) is 0 Å². The number of methoxy groups -OCH3 is 1. The SMILES string of the molecule is COC(=O)c1ccncc1CC[C@H]1c2ccc(N(C)c3ccc(C)cc3)cc2CN1C(=O)OC(C)(C)C. The Labute approximate surface area is 219 Å². The average molecular weight is 502 g/mol. The summed E-state index contributed by atoms with van der Waals surface area (Å²) in [6, 6.07) is 16.2. The molecule has 0 saturated carbocycles. The molecule has 7 heteroatoms. The number of aromatic nitrogens is 1. The number of carbonyl (C=O) groups is 2. The molecule has 7 nitrogen and oxygen atoms in total. The van der Waals surface area contributed by atoms with Gasteiger partial charge in [-0.25, -0.2) is 9.59 Å². The number of pyridine rings is 1. The molecule has 2 heterocycles. The van der Waals surface area contributed by atoms with Crippen LogP contribution in [0.1, 0.15) is 65.8 Å². The number of amides is 1. The second-order valence-electron chi connectivity index (χ2n) is 10.5. The van der Waals surface area contributed by atoms with Crippen LogP contribution in [-0.2, 0) is 22.4 Å². The first kappa shape index (κ1) is 26.2. The molecule has 0 saturated heterocycles. The van der Waals surface area contributed by atoms with E-state index in [9.17, 15) is 9.59 Å². The smallest absolute Gasteiger partial charge is 0.411 e. The highest BCUT2D eigenvalue weighted by Crippen LogP contribution is 2.40. The van der Waals surface area contributed by atoms with Gasteiger partial charge in [0.15, 0.2) is 0 Å². The first-order valence-corrected chi connectivity index (χ1v) is 12.5. The van der Waals surface area contributed by atoms with Gasteiger partial charge in [0.2, 0.25) is 0 Å². The monoisotopic (exact) mass is 501 g/mol. The number of rotatable bonds is 6. The lowest BCUT2D eigenvalue weighted by molar-refractivity contribution is 0.0164. The van der Waals surface area contributed by atoms with E-state index in [1.807, 2.05) is 27.8 Å². The van der Waals surface area contributed by atoms with Crippen LogP contribution in [0.25, 0.3) is 0 Å². The van der Waals surface area contributed by atoms with E-state index in [-0.39, 0.29) is 12.1 Å². The summed E-state index contributed by atoms with van der Waals surface area (Å²) in [7, 11) is 3.41. The summed E-state index contributed by atoms with van der Waals surface area (Å²) < 4.78 is 10.7. The lowest BCUT2D eigenvalue weighted by Crippen LogP contribution is -2.36. The molecule has 0 N–H and O–H groups in total. The molecule has 4 rings (SSSR count). The number of anilines is 2. The lowest BCUT2D eigenvalue weighted by atomic mass is 9.96. The molecule has 1 amide bonds. The third-order valence-corrected chi connectivity index (χ3v) is 6.64. The summed E-state index contributed by atoms with van der Waals surface area (Å²) in [5.74, 6) is -0.392. The van der Waals surface area contributed by atoms with Crippen LogP contribution in [0.4, 0.5) is 16.2 Å². The number of aryl methyl sites for hydroxylation is 2. The number of carbonyl (C=O) groups excluding carboxylic acids is 2. The standard InChI is InChI=1S/C30H35N3O4/c1-20-7-10-23(11-8-20)32(5)24-12-13-25-22(17-24)19-33(29(35)37-30(2,3)4)27(25)14-9-21-18-31-16-15-26(21)28(34)36-6/h7-8,10-13,15-18,27H,9,14,19H2,1-6H3/t27-/m0/s1. The molecule has 2 aromatic carbocycles. The molecule has 0 aliphatic carbocycles. The Balaban J connectivity index is 1.63. The fraction of sp³-hybridized carbons (Fsp3) is 0.367. The number of hydrogen-bond donors (Lipinski definition) is 0. The van der Waals surface area contributed by atoms with Crippen molar-refractivity contribution in [2.45, 2.75) is 58.7 Å². The topological polar surface area (TPSA) is 72.0 Å². The third-order valence-electron chi connectivity index (χ3n) is 6.64. The second kappa shape index (κ2) is 10.6. The Morgan fingerprint density at radius 1 is 1.08 bits per heavy atom. The van der Waals surface area contributed by atoms with Crippen molar-refractivity contribution >= 4 is 23.4 Å². The fourth-order valence-corrected chi connectivity index (χ4v) is 4.69. The van der Waals surface area contributed by atoms with Crippen LogP contribution < -0.4 is 4.90 Å². The van der Waals surface area contributed by atoms with E-state index in [1.54, 1.807) is 23.4 Å². The molecule has 3 aromatic rings. The molecule has 1 atom stereocenters. The third kappa shape index (κ3) is 5.93. The summed E-state index contributed by atoms with van der Waals surface area (Å²) in [5, 5.41) is 0. The summed E-state index contributed by atoms with van der Waals surface area (Å²) in [6.07, 6.45) is 4.11. The number of nitrogens with zero attached hydrogens (tertiary/aromatic N) is 3. The molecular formula is C30H35N3O4. The van der Waals surface area contributed by atoms with Gasteiger partial charge in [0, 0.05) is 30.8 Å². The van der Waals surface area contributed by atoms with Gasteiger partial charge in [-0.1, -0.05) is 23.8 Å². The van der Waals surface area contributed by atoms with E-state index in [0.717, 1.165) is 28.1 Å². The Morgan fingerprint density at radius 2 is 1.78 bits per heavy atom. The fourth-order valence-electron chi connectivity index (χ4n) is 4.69. The summed E-state index contributed by atoms with van der Waals surface area (Å²) in [4.78, 5) is 33.6. The molecule has 194 valence electrons. The quantitative estimate of drug-likeness (QED) is 0.366. The van der Waals surface area contributed by atoms with E-state index in [0.29, 0.717) is 24.9 Å². The summed E-state index contributed by atoms with van der Waals surface area (Å²) in [5.41, 5.74) is 6.23. The van der Waals surface area contributed by atoms with Gasteiger partial charge in [0.25, 0.3) is 0 Å². The maximum atomic E-state index is 13.3. The Hall–Kier alpha value is -3.87. The first-order chi connectivity index (χ1) is 17.6. The number of hydrogen-bond acceptors (Lipinski definition) is 6. The van der Waals surface area contributed by atoms with Crippen molar-refractivity contribution in [3.05, 3.63) is 88.7 Å². The minimum absolute atomic E-state index is 0.186. The highest BCUT2D eigenvalue weighted by atomic mass is 16.6. The second-order valence-corrected chi connectivity index (χ2v) is 10.5. The van der Waals surface area contributed by atoms with E-state index in [2.05, 4.69) is 59.3 Å². The van der Waals surface area contributed by atoms with Crippen LogP contribution in [0.15, 0.2) is 60.9 Å². The first-order valence-electron chi connectivity index (χ1n) is 12.5. The van der Waals surface area contributed by atoms with Crippen LogP contribution in [0.2, 0.25) is 0 Å². The van der Waals surface area contributed by atoms with Gasteiger partial charge < -0.3 is 14.4 Å². The maximum absolute atomic E-state index is 13.3. The van der Waals surface area contributed by atoms with Gasteiger partial charge in [0.05, 0.1) is 25.3 Å². The average Bonchev–Trinajstić information content (AvgIpc) is 3.24. The van der Waals surface area contributed by atoms with Gasteiger partial charge in [-0.2, -0.15) is 0 Å². The number of ether oxygens (including phenoxy) is 2. The predicted molar refractivity (Wildman–Crippen MR) is 144 cm³/mol. The molecule has 1 aliphatic rings. The van der Waals surface area contributed by atoms with Gasteiger partial charge in [-0.15, -0.1) is 0 Å². The highest BCUT2D eigenvalue weighted by molar-refractivity contribution is 5.90. The van der Waals surface area contributed by atoms with Crippen molar-refractivity contribution in [3.63, 3.8) is 0 Å². The minimum Gasteiger partial charge on any atom is -0.465 e. The molecule has 0 bridgehead atoms. The molecule has 1 aliphatic heterocycles. The molecule has 0 fully saturated rings. The van der Waals surface area contributed by atoms with E-state index in [4.69, 9.17) is 9.47 Å². The number of fused-ring (bicyclic) bond motifs is 1. The number of esters is 1. The molecule has 0 unspecified atom stereocenters. The zero-order chi connectivity index (χ0) is 26.7. The van der Waals surface area contributed by atoms with E-state index < -0.39 is 11.6 Å². The van der Waals surface area contributed by atoms with Crippen molar-refractivity contribution in [2.75, 3.05) is 19.1 Å². The van der Waals surface area contributed by atoms with Gasteiger partial charge >= 0.3 is 12.1 Å². The maximum Gasteiger partial charge on any atom is 0.411 e. The Kier molecular flexibility index (Phi) is 7.52. The van der Waals surface area contributed by atoms with Crippen molar-refractivity contribution in [1.82, 2.24) is 9.88 Å². The summed E-state index contributed by atoms with van der Waals surface area (Å²) >= 11 is 0. The van der Waals surface area contributed by atoms with Gasteiger partial charge in [-0.3, -0.25) is 9.88 Å². The minimum atomic E-state index is -0.603. The molecule has 0 radical (unpaired) electrons. The van der Waals surface area contributed by atoms with E-state index in [1.165, 1.54) is 12.7 Å². The van der Waals surface area contributed by atoms with Crippen LogP contribution in [0.5, 0.6) is 0 Å². The van der Waals surface area contributed by atoms with Crippen LogP contribution in [0.3, 0.4) is 0 Å². The van der Waals surface area contributed by atoms with Crippen LogP contribution in [-0.4, -0.2) is 41.7 Å². The zero-order valence-electron chi connectivity index (χ0n) is 22.4. The van der Waals surface area contributed by atoms with Crippen LogP contribution >= 0.6 is 0 Å². The zero-order valence-corrected chi connectivity index (χ0v) is 22.4. The largest absolute Gasteiger partial charge is 0.465 e. The Bertz CT molecular complexity index is 1280. The van der Waals surface area contributed by atoms with E-state index >= 15 is 0 Å². The van der Waals surface area contributed by atoms with Crippen molar-refractivity contribution < 1.29 is 19.1 Å². The molecule has 0 spiro atoms. The van der Waals surface area contributed by atoms with Crippen molar-refractivity contribution in [3.8, 4) is 0 Å². The molecule has 37 heavy (non-hydrogen) atoms. The Morgan fingerprint density at radius 3 is 2.46 bits per heavy atom. The normalized spacial score (nSPS) is 14.8. The number of benzene rings is 2. The summed E-state index contributed by atoms with van der Waals surface area (Å²) in [6.45, 7) is 8.15. The van der Waals surface area contributed by atoms with Gasteiger partial charge in [-0.05, 0) is 87.6 Å². The van der Waals surface area contributed by atoms with Crippen molar-refractivity contribution in [1.29, 1.82) is 0 Å². The van der Waals surface area contributed by atoms with Gasteiger partial charge in [0.1, 0.15) is 5.60 Å². The molecular weight excluding hydrogens is 466 g/mol. The lowest BCUT2D eigenvalue weighted by Gasteiger charge is -2.29.